The molecule has 0 aromatic carbocycles. The molecule has 0 rings (SSSR count). The SMILES string of the molecule is CCCC(=O)NCCCCCN(O)C(C)=O. The van der Waals surface area contributed by atoms with E-state index in [4.69, 9.17) is 5.21 Å². The summed E-state index contributed by atoms with van der Waals surface area (Å²) in [5, 5.41) is 12.6. The number of carbonyl (C=O) groups excluding carboxylic acids is 2. The van der Waals surface area contributed by atoms with E-state index in [1.54, 1.807) is 0 Å². The summed E-state index contributed by atoms with van der Waals surface area (Å²) in [6.45, 7) is 4.32. The van der Waals surface area contributed by atoms with Crippen molar-refractivity contribution in [2.45, 2.75) is 46.0 Å². The molecule has 0 heterocycles. The number of rotatable bonds is 8. The second kappa shape index (κ2) is 9.15. The van der Waals surface area contributed by atoms with Gasteiger partial charge in [0.25, 0.3) is 0 Å². The van der Waals surface area contributed by atoms with E-state index >= 15 is 0 Å². The van der Waals surface area contributed by atoms with E-state index in [-0.39, 0.29) is 11.8 Å². The number of hydrogen-bond acceptors (Lipinski definition) is 3. The van der Waals surface area contributed by atoms with Gasteiger partial charge in [0, 0.05) is 26.4 Å². The highest BCUT2D eigenvalue weighted by Crippen LogP contribution is 1.97. The summed E-state index contributed by atoms with van der Waals surface area (Å²) in [6, 6.07) is 0. The molecule has 0 aromatic heterocycles. The van der Waals surface area contributed by atoms with Gasteiger partial charge in [0.15, 0.2) is 0 Å². The average molecular weight is 230 g/mol. The van der Waals surface area contributed by atoms with Crippen LogP contribution >= 0.6 is 0 Å². The maximum atomic E-state index is 11.1. The Bertz CT molecular complexity index is 219. The lowest BCUT2D eigenvalue weighted by molar-refractivity contribution is -0.162. The quantitative estimate of drug-likeness (QED) is 0.375. The number of nitrogens with one attached hydrogen (secondary N) is 1. The fourth-order valence-corrected chi connectivity index (χ4v) is 1.26. The third-order valence-electron chi connectivity index (χ3n) is 2.21. The summed E-state index contributed by atoms with van der Waals surface area (Å²) in [5.41, 5.74) is 0. The van der Waals surface area contributed by atoms with Gasteiger partial charge in [0.1, 0.15) is 0 Å². The predicted octanol–water partition coefficient (Wildman–Crippen LogP) is 1.31. The van der Waals surface area contributed by atoms with Gasteiger partial charge in [0.2, 0.25) is 11.8 Å². The molecule has 0 aromatic rings. The first-order valence-corrected chi connectivity index (χ1v) is 5.81. The molecular formula is C11H22N2O3. The van der Waals surface area contributed by atoms with Crippen LogP contribution in [-0.4, -0.2) is 35.2 Å². The monoisotopic (exact) mass is 230 g/mol. The Kier molecular flexibility index (Phi) is 8.52. The van der Waals surface area contributed by atoms with Crippen LogP contribution in [0.4, 0.5) is 0 Å². The highest BCUT2D eigenvalue weighted by Gasteiger charge is 2.03. The van der Waals surface area contributed by atoms with Crippen LogP contribution in [0.5, 0.6) is 0 Å². The molecule has 0 atom stereocenters. The van der Waals surface area contributed by atoms with E-state index in [0.717, 1.165) is 30.7 Å². The van der Waals surface area contributed by atoms with Crippen LogP contribution in [0.15, 0.2) is 0 Å². The van der Waals surface area contributed by atoms with Crippen LogP contribution in [-0.2, 0) is 9.59 Å². The van der Waals surface area contributed by atoms with E-state index in [0.29, 0.717) is 19.5 Å². The Labute approximate surface area is 96.8 Å². The van der Waals surface area contributed by atoms with Crippen molar-refractivity contribution in [2.75, 3.05) is 13.1 Å². The Morgan fingerprint density at radius 1 is 1.25 bits per heavy atom. The number of hydrogen-bond donors (Lipinski definition) is 2. The average Bonchev–Trinajstić information content (AvgIpc) is 2.23. The van der Waals surface area contributed by atoms with E-state index in [2.05, 4.69) is 5.32 Å². The smallest absolute Gasteiger partial charge is 0.242 e. The fourth-order valence-electron chi connectivity index (χ4n) is 1.26. The Hall–Kier alpha value is -1.10. The normalized spacial score (nSPS) is 9.94. The third kappa shape index (κ3) is 8.23. The molecule has 16 heavy (non-hydrogen) atoms. The molecule has 0 radical (unpaired) electrons. The van der Waals surface area contributed by atoms with Gasteiger partial charge in [0.05, 0.1) is 0 Å². The molecule has 0 aliphatic rings. The molecular weight excluding hydrogens is 208 g/mol. The summed E-state index contributed by atoms with van der Waals surface area (Å²) in [6.07, 6.45) is 3.95. The molecule has 5 nitrogen and oxygen atoms in total. The van der Waals surface area contributed by atoms with E-state index < -0.39 is 0 Å². The Balaban J connectivity index is 3.27. The van der Waals surface area contributed by atoms with Crippen LogP contribution < -0.4 is 5.32 Å². The van der Waals surface area contributed by atoms with Gasteiger partial charge < -0.3 is 5.32 Å². The van der Waals surface area contributed by atoms with Gasteiger partial charge in [-0.1, -0.05) is 6.92 Å². The van der Waals surface area contributed by atoms with Gasteiger partial charge in [-0.15, -0.1) is 0 Å². The van der Waals surface area contributed by atoms with Crippen LogP contribution in [0.25, 0.3) is 0 Å². The van der Waals surface area contributed by atoms with Gasteiger partial charge in [-0.2, -0.15) is 0 Å². The lowest BCUT2D eigenvalue weighted by Crippen LogP contribution is -2.26. The summed E-state index contributed by atoms with van der Waals surface area (Å²) >= 11 is 0. The van der Waals surface area contributed by atoms with Crippen molar-refractivity contribution in [2.24, 2.45) is 0 Å². The Morgan fingerprint density at radius 2 is 1.94 bits per heavy atom. The van der Waals surface area contributed by atoms with Crippen LogP contribution in [0, 0.1) is 0 Å². The molecule has 0 saturated heterocycles. The first kappa shape index (κ1) is 14.9. The van der Waals surface area contributed by atoms with Crippen molar-refractivity contribution < 1.29 is 14.8 Å². The maximum absolute atomic E-state index is 11.1. The number of carbonyl (C=O) groups is 2. The fraction of sp³-hybridized carbons (Fsp3) is 0.818. The minimum atomic E-state index is -0.337. The molecule has 0 spiro atoms. The number of unbranched alkanes of at least 4 members (excludes halogenated alkanes) is 2. The highest BCUT2D eigenvalue weighted by molar-refractivity contribution is 5.75. The lowest BCUT2D eigenvalue weighted by atomic mass is 10.2. The van der Waals surface area contributed by atoms with E-state index in [1.807, 2.05) is 6.92 Å². The van der Waals surface area contributed by atoms with Gasteiger partial charge >= 0.3 is 0 Å². The second-order valence-corrected chi connectivity index (χ2v) is 3.80. The molecule has 94 valence electrons. The minimum absolute atomic E-state index is 0.0926. The predicted molar refractivity (Wildman–Crippen MR) is 60.9 cm³/mol. The number of nitrogens with zero attached hydrogens (tertiary/aromatic N) is 1. The van der Waals surface area contributed by atoms with Crippen molar-refractivity contribution in [3.63, 3.8) is 0 Å². The Morgan fingerprint density at radius 3 is 2.50 bits per heavy atom. The molecule has 0 bridgehead atoms. The summed E-state index contributed by atoms with van der Waals surface area (Å²) < 4.78 is 0. The molecule has 0 aliphatic heterocycles. The number of hydroxylamine groups is 2. The first-order chi connectivity index (χ1) is 7.57. The van der Waals surface area contributed by atoms with E-state index in [1.165, 1.54) is 6.92 Å². The van der Waals surface area contributed by atoms with Crippen molar-refractivity contribution in [1.82, 2.24) is 10.4 Å². The zero-order chi connectivity index (χ0) is 12.4. The number of amides is 2. The molecule has 0 saturated carbocycles. The topological polar surface area (TPSA) is 69.6 Å². The van der Waals surface area contributed by atoms with Crippen LogP contribution in [0.3, 0.4) is 0 Å². The molecule has 0 aliphatic carbocycles. The first-order valence-electron chi connectivity index (χ1n) is 5.81. The summed E-state index contributed by atoms with van der Waals surface area (Å²) in [5.74, 6) is -0.244. The van der Waals surface area contributed by atoms with Crippen molar-refractivity contribution in [1.29, 1.82) is 0 Å². The van der Waals surface area contributed by atoms with Crippen molar-refractivity contribution >= 4 is 11.8 Å². The zero-order valence-corrected chi connectivity index (χ0v) is 10.2. The largest absolute Gasteiger partial charge is 0.356 e. The summed E-state index contributed by atoms with van der Waals surface area (Å²) in [7, 11) is 0. The second-order valence-electron chi connectivity index (χ2n) is 3.80. The minimum Gasteiger partial charge on any atom is -0.356 e. The van der Waals surface area contributed by atoms with Gasteiger partial charge in [-0.3, -0.25) is 14.8 Å². The van der Waals surface area contributed by atoms with Gasteiger partial charge in [-0.25, -0.2) is 5.06 Å². The van der Waals surface area contributed by atoms with Crippen molar-refractivity contribution in [3.8, 4) is 0 Å². The maximum Gasteiger partial charge on any atom is 0.242 e. The third-order valence-corrected chi connectivity index (χ3v) is 2.21. The molecule has 0 unspecified atom stereocenters. The molecule has 5 heteroatoms. The summed E-state index contributed by atoms with van der Waals surface area (Å²) in [4.78, 5) is 21.7. The zero-order valence-electron chi connectivity index (χ0n) is 10.2. The molecule has 2 N–H and O–H groups in total. The van der Waals surface area contributed by atoms with Crippen LogP contribution in [0.1, 0.15) is 46.0 Å². The molecule has 2 amide bonds. The lowest BCUT2D eigenvalue weighted by Gasteiger charge is -2.11. The standard InChI is InChI=1S/C11H22N2O3/c1-3-7-11(15)12-8-5-4-6-9-13(16)10(2)14/h16H,3-9H2,1-2H3,(H,12,15). The van der Waals surface area contributed by atoms with E-state index in [9.17, 15) is 9.59 Å². The molecule has 0 fully saturated rings. The van der Waals surface area contributed by atoms with Crippen LogP contribution in [0.2, 0.25) is 0 Å². The van der Waals surface area contributed by atoms with Gasteiger partial charge in [-0.05, 0) is 25.7 Å². The highest BCUT2D eigenvalue weighted by atomic mass is 16.5. The van der Waals surface area contributed by atoms with Crippen molar-refractivity contribution in [3.05, 3.63) is 0 Å².